The molecule has 1 heterocycles. The summed E-state index contributed by atoms with van der Waals surface area (Å²) >= 11 is 5.97. The first-order valence-electron chi connectivity index (χ1n) is 5.77. The maximum absolute atomic E-state index is 9.69. The zero-order valence-electron chi connectivity index (χ0n) is 10.3. The molecular weight excluding hydrogens is 262 g/mol. The Hall–Kier alpha value is -2.20. The molecule has 2 aromatic carbocycles. The smallest absolute Gasteiger partial charge is 0.140 e. The van der Waals surface area contributed by atoms with Crippen LogP contribution in [0.5, 0.6) is 5.75 Å². The normalized spacial score (nSPS) is 11.1. The van der Waals surface area contributed by atoms with Crippen molar-refractivity contribution in [1.29, 1.82) is 0 Å². The van der Waals surface area contributed by atoms with Crippen LogP contribution in [0.2, 0.25) is 5.02 Å². The molecule has 0 aliphatic carbocycles. The minimum Gasteiger partial charge on any atom is -0.506 e. The third-order valence-electron chi connectivity index (χ3n) is 3.13. The number of aromatic nitrogens is 2. The average Bonchev–Trinajstić information content (AvgIpc) is 2.70. The zero-order chi connectivity index (χ0) is 13.6. The monoisotopic (exact) mass is 273 g/mol. The molecule has 5 heteroatoms. The molecule has 0 radical (unpaired) electrons. The van der Waals surface area contributed by atoms with Gasteiger partial charge in [-0.2, -0.15) is 0 Å². The molecule has 19 heavy (non-hydrogen) atoms. The number of fused-ring (bicyclic) bond motifs is 1. The maximum Gasteiger partial charge on any atom is 0.140 e. The number of phenolic OH excluding ortho intramolecular Hbond substituents is 1. The first kappa shape index (κ1) is 11.9. The summed E-state index contributed by atoms with van der Waals surface area (Å²) in [6.07, 6.45) is 0. The van der Waals surface area contributed by atoms with Crippen LogP contribution in [0, 0.1) is 0 Å². The molecule has 1 aromatic heterocycles. The number of anilines is 1. The molecule has 0 unspecified atom stereocenters. The lowest BCUT2D eigenvalue weighted by Crippen LogP contribution is -1.93. The minimum atomic E-state index is 0.0580. The summed E-state index contributed by atoms with van der Waals surface area (Å²) in [4.78, 5) is 4.54. The van der Waals surface area contributed by atoms with Gasteiger partial charge in [-0.1, -0.05) is 11.6 Å². The number of nitrogens with two attached hydrogens (primary N) is 1. The van der Waals surface area contributed by atoms with Crippen molar-refractivity contribution >= 4 is 28.3 Å². The molecule has 0 saturated carbocycles. The van der Waals surface area contributed by atoms with Crippen molar-refractivity contribution < 1.29 is 5.11 Å². The number of hydrogen-bond donors (Lipinski definition) is 2. The molecule has 0 aliphatic rings. The van der Waals surface area contributed by atoms with Crippen LogP contribution >= 0.6 is 11.6 Å². The summed E-state index contributed by atoms with van der Waals surface area (Å²) in [5, 5.41) is 10.3. The number of halogens is 1. The number of aromatic hydroxyl groups is 1. The predicted octanol–water partition coefficient (Wildman–Crippen LogP) is 3.18. The fraction of sp³-hybridized carbons (Fsp3) is 0.0714. The third kappa shape index (κ3) is 1.90. The molecule has 0 bridgehead atoms. The lowest BCUT2D eigenvalue weighted by Gasteiger charge is -2.04. The van der Waals surface area contributed by atoms with Gasteiger partial charge in [-0.25, -0.2) is 4.98 Å². The number of aryl methyl sites for hydroxylation is 1. The van der Waals surface area contributed by atoms with E-state index in [2.05, 4.69) is 4.98 Å². The Bertz CT molecular complexity index is 780. The second kappa shape index (κ2) is 4.17. The average molecular weight is 274 g/mol. The number of nitrogen functional groups attached to an aromatic ring is 1. The standard InChI is InChI=1S/C14H12ClN3O/c1-18-12-5-3-9(15)7-11(12)17-14(18)8-2-4-10(16)13(19)6-8/h2-7,19H,16H2,1H3. The minimum absolute atomic E-state index is 0.0580. The summed E-state index contributed by atoms with van der Waals surface area (Å²) < 4.78 is 1.95. The second-order valence-corrected chi connectivity index (χ2v) is 4.84. The van der Waals surface area contributed by atoms with Crippen LogP contribution in [-0.2, 0) is 7.05 Å². The van der Waals surface area contributed by atoms with Crippen LogP contribution in [0.1, 0.15) is 0 Å². The van der Waals surface area contributed by atoms with Gasteiger partial charge in [0.1, 0.15) is 11.6 Å². The first-order chi connectivity index (χ1) is 9.06. The Morgan fingerprint density at radius 2 is 2.00 bits per heavy atom. The van der Waals surface area contributed by atoms with Gasteiger partial charge in [-0.3, -0.25) is 0 Å². The highest BCUT2D eigenvalue weighted by Gasteiger charge is 2.11. The van der Waals surface area contributed by atoms with Crippen molar-refractivity contribution in [1.82, 2.24) is 9.55 Å². The van der Waals surface area contributed by atoms with E-state index in [0.717, 1.165) is 22.4 Å². The molecule has 0 amide bonds. The lowest BCUT2D eigenvalue weighted by atomic mass is 10.2. The molecule has 3 N–H and O–H groups in total. The summed E-state index contributed by atoms with van der Waals surface area (Å²) in [5.74, 6) is 0.815. The number of benzene rings is 2. The highest BCUT2D eigenvalue weighted by Crippen LogP contribution is 2.30. The Morgan fingerprint density at radius 1 is 1.21 bits per heavy atom. The molecule has 0 spiro atoms. The highest BCUT2D eigenvalue weighted by molar-refractivity contribution is 6.31. The molecule has 0 atom stereocenters. The SMILES string of the molecule is Cn1c(-c2ccc(N)c(O)c2)nc2cc(Cl)ccc21. The van der Waals surface area contributed by atoms with E-state index < -0.39 is 0 Å². The van der Waals surface area contributed by atoms with Crippen LogP contribution < -0.4 is 5.73 Å². The van der Waals surface area contributed by atoms with Gasteiger partial charge in [0.05, 0.1) is 16.7 Å². The van der Waals surface area contributed by atoms with Crippen molar-refractivity contribution in [2.45, 2.75) is 0 Å². The van der Waals surface area contributed by atoms with E-state index in [9.17, 15) is 5.11 Å². The Labute approximate surface area is 115 Å². The van der Waals surface area contributed by atoms with Crippen LogP contribution in [0.3, 0.4) is 0 Å². The van der Waals surface area contributed by atoms with Crippen molar-refractivity contribution in [3.63, 3.8) is 0 Å². The number of hydrogen-bond acceptors (Lipinski definition) is 3. The summed E-state index contributed by atoms with van der Waals surface area (Å²) in [5.41, 5.74) is 8.57. The van der Waals surface area contributed by atoms with Gasteiger partial charge in [-0.05, 0) is 36.4 Å². The Balaban J connectivity index is 2.24. The number of imidazole rings is 1. The van der Waals surface area contributed by atoms with Crippen molar-refractivity contribution in [3.8, 4) is 17.1 Å². The molecule has 0 aliphatic heterocycles. The van der Waals surface area contributed by atoms with E-state index in [0.29, 0.717) is 10.7 Å². The van der Waals surface area contributed by atoms with Crippen LogP contribution in [0.4, 0.5) is 5.69 Å². The van der Waals surface area contributed by atoms with Gasteiger partial charge < -0.3 is 15.4 Å². The fourth-order valence-corrected chi connectivity index (χ4v) is 2.28. The molecule has 0 saturated heterocycles. The summed E-state index contributed by atoms with van der Waals surface area (Å²) in [7, 11) is 1.92. The lowest BCUT2D eigenvalue weighted by molar-refractivity contribution is 0.478. The van der Waals surface area contributed by atoms with Crippen LogP contribution in [-0.4, -0.2) is 14.7 Å². The van der Waals surface area contributed by atoms with Gasteiger partial charge in [0.2, 0.25) is 0 Å². The maximum atomic E-state index is 9.69. The van der Waals surface area contributed by atoms with E-state index in [1.807, 2.05) is 35.9 Å². The van der Waals surface area contributed by atoms with Gasteiger partial charge in [0.15, 0.2) is 0 Å². The highest BCUT2D eigenvalue weighted by atomic mass is 35.5. The molecule has 4 nitrogen and oxygen atoms in total. The molecule has 0 fully saturated rings. The van der Waals surface area contributed by atoms with E-state index in [4.69, 9.17) is 17.3 Å². The predicted molar refractivity (Wildman–Crippen MR) is 77.2 cm³/mol. The number of rotatable bonds is 1. The molecule has 3 aromatic rings. The van der Waals surface area contributed by atoms with Crippen molar-refractivity contribution in [2.75, 3.05) is 5.73 Å². The fourth-order valence-electron chi connectivity index (χ4n) is 2.11. The van der Waals surface area contributed by atoms with E-state index >= 15 is 0 Å². The Morgan fingerprint density at radius 3 is 2.74 bits per heavy atom. The van der Waals surface area contributed by atoms with E-state index in [-0.39, 0.29) is 5.75 Å². The third-order valence-corrected chi connectivity index (χ3v) is 3.37. The van der Waals surface area contributed by atoms with E-state index in [1.165, 1.54) is 0 Å². The van der Waals surface area contributed by atoms with Gasteiger partial charge in [0, 0.05) is 17.6 Å². The van der Waals surface area contributed by atoms with Crippen LogP contribution in [0.15, 0.2) is 36.4 Å². The first-order valence-corrected chi connectivity index (χ1v) is 6.15. The number of nitrogens with zero attached hydrogens (tertiary/aromatic N) is 2. The van der Waals surface area contributed by atoms with Gasteiger partial charge in [0.25, 0.3) is 0 Å². The molecule has 96 valence electrons. The largest absolute Gasteiger partial charge is 0.506 e. The van der Waals surface area contributed by atoms with Gasteiger partial charge in [-0.15, -0.1) is 0 Å². The van der Waals surface area contributed by atoms with Crippen molar-refractivity contribution in [2.24, 2.45) is 7.05 Å². The van der Waals surface area contributed by atoms with Gasteiger partial charge >= 0.3 is 0 Å². The second-order valence-electron chi connectivity index (χ2n) is 4.40. The van der Waals surface area contributed by atoms with Crippen molar-refractivity contribution in [3.05, 3.63) is 41.4 Å². The van der Waals surface area contributed by atoms with Crippen LogP contribution in [0.25, 0.3) is 22.4 Å². The summed E-state index contributed by atoms with van der Waals surface area (Å²) in [6, 6.07) is 10.7. The van der Waals surface area contributed by atoms with E-state index in [1.54, 1.807) is 12.1 Å². The topological polar surface area (TPSA) is 64.1 Å². The molecule has 3 rings (SSSR count). The quantitative estimate of drug-likeness (QED) is 0.529. The molecular formula is C14H12ClN3O. The number of phenols is 1. The Kier molecular flexibility index (Phi) is 2.61. The summed E-state index contributed by atoms with van der Waals surface area (Å²) in [6.45, 7) is 0. The zero-order valence-corrected chi connectivity index (χ0v) is 11.0.